The molecule has 2 atom stereocenters. The lowest BCUT2D eigenvalue weighted by Gasteiger charge is -2.32. The Morgan fingerprint density at radius 1 is 0.712 bits per heavy atom. The predicted molar refractivity (Wildman–Crippen MR) is 215 cm³/mol. The van der Waals surface area contributed by atoms with Crippen LogP contribution < -0.4 is 10.4 Å². The largest absolute Gasteiger partial charge is 0.456 e. The molecule has 0 spiro atoms. The highest BCUT2D eigenvalue weighted by Crippen LogP contribution is 2.39. The number of nitrogens with zero attached hydrogens (tertiary/aromatic N) is 3. The zero-order valence-corrected chi connectivity index (χ0v) is 29.0. The van der Waals surface area contributed by atoms with Gasteiger partial charge in [0.2, 0.25) is 0 Å². The number of amidine groups is 2. The average molecular weight is 672 g/mol. The molecule has 3 aliphatic rings. The molecule has 0 saturated heterocycles. The fraction of sp³-hybridized carbons (Fsp3) is 0.125. The van der Waals surface area contributed by atoms with Crippen LogP contribution >= 0.6 is 0 Å². The van der Waals surface area contributed by atoms with Gasteiger partial charge in [-0.2, -0.15) is 0 Å². The molecule has 0 fully saturated rings. The van der Waals surface area contributed by atoms with Crippen molar-refractivity contribution in [3.8, 4) is 11.1 Å². The van der Waals surface area contributed by atoms with Gasteiger partial charge in [-0.15, -0.1) is 0 Å². The van der Waals surface area contributed by atoms with Gasteiger partial charge in [0.05, 0.1) is 0 Å². The third-order valence-electron chi connectivity index (χ3n) is 10.9. The van der Waals surface area contributed by atoms with E-state index in [9.17, 15) is 0 Å². The lowest BCUT2D eigenvalue weighted by molar-refractivity contribution is 0.383. The number of aliphatic imine (C=N–C) groups is 2. The number of rotatable bonds is 5. The van der Waals surface area contributed by atoms with Crippen molar-refractivity contribution in [2.24, 2.45) is 9.98 Å². The van der Waals surface area contributed by atoms with E-state index in [-0.39, 0.29) is 12.1 Å². The molecule has 0 radical (unpaired) electrons. The van der Waals surface area contributed by atoms with Crippen molar-refractivity contribution in [1.29, 1.82) is 0 Å². The number of furan rings is 1. The Morgan fingerprint density at radius 3 is 2.31 bits per heavy atom. The van der Waals surface area contributed by atoms with Crippen LogP contribution in [-0.2, 0) is 6.42 Å². The number of allylic oxidation sites excluding steroid dienone is 1. The van der Waals surface area contributed by atoms with E-state index < -0.39 is 0 Å². The minimum absolute atomic E-state index is 0.243. The molecule has 6 aromatic carbocycles. The van der Waals surface area contributed by atoms with Gasteiger partial charge in [0.25, 0.3) is 0 Å². The van der Waals surface area contributed by atoms with Crippen molar-refractivity contribution in [3.05, 3.63) is 183 Å². The highest BCUT2D eigenvalue weighted by molar-refractivity contribution is 6.15. The Hall–Kier alpha value is -6.26. The fourth-order valence-corrected chi connectivity index (χ4v) is 8.29. The molecular weight excluding hydrogens is 635 g/mol. The van der Waals surface area contributed by atoms with Crippen molar-refractivity contribution in [2.45, 2.75) is 31.3 Å². The average Bonchev–Trinajstić information content (AvgIpc) is 3.60. The van der Waals surface area contributed by atoms with Crippen LogP contribution in [0.25, 0.3) is 51.3 Å². The molecular formula is C48H37N3O. The normalized spacial score (nSPS) is 17.9. The second-order valence-corrected chi connectivity index (χ2v) is 14.1. The minimum atomic E-state index is -0.243. The van der Waals surface area contributed by atoms with Gasteiger partial charge in [-0.25, -0.2) is 9.98 Å². The fourth-order valence-electron chi connectivity index (χ4n) is 8.29. The maximum atomic E-state index is 6.53. The second-order valence-electron chi connectivity index (χ2n) is 14.1. The summed E-state index contributed by atoms with van der Waals surface area (Å²) in [6, 6.07) is 47.2. The molecule has 2 aliphatic carbocycles. The quantitative estimate of drug-likeness (QED) is 0.183. The topological polar surface area (TPSA) is 41.1 Å². The SMILES string of the molecule is CN1C(c2ccc3oc4cccc(C5C=c6c7c(ccc6=CC5)C=CCC7)c4c3c2)=NC(c2ccccc2)=NC1c1ccc(-c2ccccc2)cc1. The third-order valence-corrected chi connectivity index (χ3v) is 10.9. The first-order valence-corrected chi connectivity index (χ1v) is 18.2. The molecule has 0 N–H and O–H groups in total. The Labute approximate surface area is 303 Å². The monoisotopic (exact) mass is 671 g/mol. The van der Waals surface area contributed by atoms with E-state index in [1.165, 1.54) is 43.6 Å². The second kappa shape index (κ2) is 12.5. The van der Waals surface area contributed by atoms with Crippen LogP contribution in [0.4, 0.5) is 0 Å². The Kier molecular flexibility index (Phi) is 7.35. The van der Waals surface area contributed by atoms with Crippen LogP contribution in [0, 0.1) is 0 Å². The van der Waals surface area contributed by atoms with Crippen LogP contribution in [0.15, 0.2) is 154 Å². The molecule has 250 valence electrons. The zero-order valence-electron chi connectivity index (χ0n) is 29.0. The Morgan fingerprint density at radius 2 is 1.48 bits per heavy atom. The van der Waals surface area contributed by atoms with E-state index in [1.54, 1.807) is 0 Å². The van der Waals surface area contributed by atoms with E-state index in [4.69, 9.17) is 14.4 Å². The molecule has 7 aromatic rings. The first-order chi connectivity index (χ1) is 25.7. The Bertz CT molecular complexity index is 2720. The van der Waals surface area contributed by atoms with E-state index in [0.29, 0.717) is 0 Å². The summed E-state index contributed by atoms with van der Waals surface area (Å²) in [4.78, 5) is 12.7. The van der Waals surface area contributed by atoms with Gasteiger partial charge in [0, 0.05) is 34.9 Å². The van der Waals surface area contributed by atoms with Gasteiger partial charge in [0.1, 0.15) is 23.2 Å². The molecule has 10 rings (SSSR count). The molecule has 0 bridgehead atoms. The lowest BCUT2D eigenvalue weighted by Crippen LogP contribution is -2.35. The number of hydrogen-bond donors (Lipinski definition) is 0. The van der Waals surface area contributed by atoms with Crippen molar-refractivity contribution in [1.82, 2.24) is 4.90 Å². The van der Waals surface area contributed by atoms with Gasteiger partial charge in [-0.3, -0.25) is 0 Å². The van der Waals surface area contributed by atoms with Crippen molar-refractivity contribution < 1.29 is 4.42 Å². The lowest BCUT2D eigenvalue weighted by atomic mass is 9.84. The molecule has 0 saturated carbocycles. The first-order valence-electron chi connectivity index (χ1n) is 18.2. The summed E-state index contributed by atoms with van der Waals surface area (Å²) in [7, 11) is 2.10. The van der Waals surface area contributed by atoms with Crippen LogP contribution in [-0.4, -0.2) is 23.6 Å². The number of benzene rings is 6. The van der Waals surface area contributed by atoms with Crippen molar-refractivity contribution in [3.63, 3.8) is 0 Å². The summed E-state index contributed by atoms with van der Waals surface area (Å²) < 4.78 is 6.53. The predicted octanol–water partition coefficient (Wildman–Crippen LogP) is 9.80. The van der Waals surface area contributed by atoms with Crippen LogP contribution in [0.3, 0.4) is 0 Å². The molecule has 1 aromatic heterocycles. The summed E-state index contributed by atoms with van der Waals surface area (Å²) >= 11 is 0. The number of fused-ring (bicyclic) bond motifs is 6. The summed E-state index contributed by atoms with van der Waals surface area (Å²) in [5, 5.41) is 5.06. The zero-order chi connectivity index (χ0) is 34.6. The summed E-state index contributed by atoms with van der Waals surface area (Å²) in [6.45, 7) is 0. The summed E-state index contributed by atoms with van der Waals surface area (Å²) in [5.74, 6) is 1.87. The van der Waals surface area contributed by atoms with E-state index in [2.05, 4.69) is 152 Å². The van der Waals surface area contributed by atoms with E-state index >= 15 is 0 Å². The van der Waals surface area contributed by atoms with Gasteiger partial charge in [0.15, 0.2) is 5.84 Å². The maximum Gasteiger partial charge on any atom is 0.159 e. The summed E-state index contributed by atoms with van der Waals surface area (Å²) in [5.41, 5.74) is 11.5. The van der Waals surface area contributed by atoms with E-state index in [1.807, 2.05) is 18.2 Å². The maximum absolute atomic E-state index is 6.53. The minimum Gasteiger partial charge on any atom is -0.456 e. The first kappa shape index (κ1) is 30.6. The highest BCUT2D eigenvalue weighted by Gasteiger charge is 2.28. The smallest absolute Gasteiger partial charge is 0.159 e. The van der Waals surface area contributed by atoms with Gasteiger partial charge in [-0.1, -0.05) is 133 Å². The molecule has 52 heavy (non-hydrogen) atoms. The molecule has 1 aliphatic heterocycles. The molecule has 4 nitrogen and oxygen atoms in total. The summed E-state index contributed by atoms with van der Waals surface area (Å²) in [6.07, 6.45) is 12.4. The van der Waals surface area contributed by atoms with Gasteiger partial charge < -0.3 is 9.32 Å². The Balaban J connectivity index is 1.08. The van der Waals surface area contributed by atoms with Crippen LogP contribution in [0.5, 0.6) is 0 Å². The molecule has 2 heterocycles. The molecule has 2 unspecified atom stereocenters. The standard InChI is InChI=1S/C48H37N3O/c1-51-47(36-24-19-32(20-25-36)31-11-4-2-5-12-31)49-46(35-14-6-3-7-15-35)50-48(51)38-27-28-43-42(30-38)45-40(17-10-18-44(45)52-43)37-26-23-34-22-21-33-13-8-9-16-39(33)41(34)29-37/h2-8,10-15,17-25,27-30,37,47H,9,16,26H2,1H3. The van der Waals surface area contributed by atoms with Crippen molar-refractivity contribution in [2.75, 3.05) is 7.05 Å². The molecule has 4 heteroatoms. The molecule has 0 amide bonds. The van der Waals surface area contributed by atoms with Crippen LogP contribution in [0.1, 0.15) is 58.3 Å². The van der Waals surface area contributed by atoms with E-state index in [0.717, 1.165) is 64.2 Å². The van der Waals surface area contributed by atoms with Crippen molar-refractivity contribution >= 4 is 51.8 Å². The van der Waals surface area contributed by atoms with Gasteiger partial charge in [-0.05, 0) is 87.3 Å². The van der Waals surface area contributed by atoms with Gasteiger partial charge >= 0.3 is 0 Å². The highest BCUT2D eigenvalue weighted by atomic mass is 16.3. The third kappa shape index (κ3) is 5.22. The van der Waals surface area contributed by atoms with Crippen LogP contribution in [0.2, 0.25) is 0 Å². The number of hydrogen-bond acceptors (Lipinski definition) is 4.